The molecule has 3 rings (SSSR count). The van der Waals surface area contributed by atoms with Gasteiger partial charge in [-0.3, -0.25) is 4.90 Å². The molecule has 0 saturated carbocycles. The van der Waals surface area contributed by atoms with Gasteiger partial charge >= 0.3 is 0 Å². The first-order chi connectivity index (χ1) is 10.3. The lowest BCUT2D eigenvalue weighted by Gasteiger charge is -2.36. The zero-order valence-electron chi connectivity index (χ0n) is 12.8. The minimum absolute atomic E-state index is 0.184. The Labute approximate surface area is 126 Å². The number of hydrogen-bond donors (Lipinski definition) is 1. The molecule has 4 heteroatoms. The molecule has 2 fully saturated rings. The molecule has 0 bridgehead atoms. The van der Waals surface area contributed by atoms with Crippen LogP contribution >= 0.6 is 0 Å². The van der Waals surface area contributed by atoms with Gasteiger partial charge in [-0.05, 0) is 62.9 Å². The van der Waals surface area contributed by atoms with Crippen LogP contribution in [-0.4, -0.2) is 37.7 Å². The molecule has 1 N–H and O–H groups in total. The molecule has 3 nitrogen and oxygen atoms in total. The van der Waals surface area contributed by atoms with Crippen LogP contribution in [0.25, 0.3) is 0 Å². The Hall–Kier alpha value is -1.13. The van der Waals surface area contributed by atoms with Crippen molar-refractivity contribution in [2.75, 3.05) is 26.7 Å². The van der Waals surface area contributed by atoms with Gasteiger partial charge in [-0.15, -0.1) is 0 Å². The van der Waals surface area contributed by atoms with E-state index in [1.54, 1.807) is 19.2 Å². The van der Waals surface area contributed by atoms with Crippen molar-refractivity contribution >= 4 is 0 Å². The summed E-state index contributed by atoms with van der Waals surface area (Å²) in [4.78, 5) is 2.45. The summed E-state index contributed by atoms with van der Waals surface area (Å²) in [6.45, 7) is 4.16. The predicted octanol–water partition coefficient (Wildman–Crippen LogP) is 2.80. The highest BCUT2D eigenvalue weighted by atomic mass is 19.1. The fourth-order valence-electron chi connectivity index (χ4n) is 3.79. The second-order valence-electron chi connectivity index (χ2n) is 6.30. The van der Waals surface area contributed by atoms with Gasteiger partial charge < -0.3 is 10.1 Å². The summed E-state index contributed by atoms with van der Waals surface area (Å²) in [5, 5.41) is 3.63. The van der Waals surface area contributed by atoms with Gasteiger partial charge in [-0.25, -0.2) is 4.39 Å². The average molecular weight is 292 g/mol. The standard InChI is InChI=1S/C17H25FN2O/c1-21-17-7-6-15(18)10-14(17)12-20-9-3-4-13(11-20)16-5-2-8-19-16/h6-7,10,13,16,19H,2-5,8-9,11-12H2,1H3. The Balaban J connectivity index is 1.65. The van der Waals surface area contributed by atoms with E-state index in [9.17, 15) is 4.39 Å². The van der Waals surface area contributed by atoms with E-state index >= 15 is 0 Å². The largest absolute Gasteiger partial charge is 0.496 e. The van der Waals surface area contributed by atoms with Crippen molar-refractivity contribution in [3.05, 3.63) is 29.6 Å². The number of benzene rings is 1. The van der Waals surface area contributed by atoms with E-state index in [-0.39, 0.29) is 5.82 Å². The molecule has 0 aromatic heterocycles. The summed E-state index contributed by atoms with van der Waals surface area (Å²) < 4.78 is 18.8. The fourth-order valence-corrected chi connectivity index (χ4v) is 3.79. The third-order valence-electron chi connectivity index (χ3n) is 4.85. The molecule has 2 heterocycles. The summed E-state index contributed by atoms with van der Waals surface area (Å²) in [6.07, 6.45) is 5.16. The fraction of sp³-hybridized carbons (Fsp3) is 0.647. The molecule has 2 atom stereocenters. The van der Waals surface area contributed by atoms with E-state index in [1.165, 1.54) is 38.3 Å². The van der Waals surface area contributed by atoms with Crippen LogP contribution in [0.15, 0.2) is 18.2 Å². The third kappa shape index (κ3) is 3.55. The highest BCUT2D eigenvalue weighted by Crippen LogP contribution is 2.27. The Morgan fingerprint density at radius 2 is 2.24 bits per heavy atom. The summed E-state index contributed by atoms with van der Waals surface area (Å²) in [5.74, 6) is 1.34. The van der Waals surface area contributed by atoms with E-state index in [0.29, 0.717) is 6.04 Å². The van der Waals surface area contributed by atoms with Crippen LogP contribution in [0.5, 0.6) is 5.75 Å². The molecule has 1 aromatic rings. The molecule has 0 radical (unpaired) electrons. The summed E-state index contributed by atoms with van der Waals surface area (Å²) in [5.41, 5.74) is 0.956. The van der Waals surface area contributed by atoms with Crippen LogP contribution in [0.4, 0.5) is 4.39 Å². The maximum Gasteiger partial charge on any atom is 0.123 e. The number of nitrogens with one attached hydrogen (secondary N) is 1. The Bertz CT molecular complexity index is 474. The Kier molecular flexibility index (Phi) is 4.76. The zero-order chi connectivity index (χ0) is 14.7. The normalized spacial score (nSPS) is 27.0. The maximum atomic E-state index is 13.5. The number of nitrogens with zero attached hydrogens (tertiary/aromatic N) is 1. The number of hydrogen-bond acceptors (Lipinski definition) is 3. The van der Waals surface area contributed by atoms with Crippen LogP contribution in [0.3, 0.4) is 0 Å². The van der Waals surface area contributed by atoms with E-state index in [0.717, 1.165) is 36.9 Å². The maximum absolute atomic E-state index is 13.5. The van der Waals surface area contributed by atoms with Gasteiger partial charge in [0.2, 0.25) is 0 Å². The van der Waals surface area contributed by atoms with Crippen LogP contribution in [0, 0.1) is 11.7 Å². The van der Waals surface area contributed by atoms with Gasteiger partial charge in [0.1, 0.15) is 11.6 Å². The minimum Gasteiger partial charge on any atom is -0.496 e. The molecule has 116 valence electrons. The van der Waals surface area contributed by atoms with Crippen molar-refractivity contribution < 1.29 is 9.13 Å². The number of piperidine rings is 1. The van der Waals surface area contributed by atoms with E-state index in [2.05, 4.69) is 10.2 Å². The molecule has 1 aromatic carbocycles. The van der Waals surface area contributed by atoms with E-state index in [4.69, 9.17) is 4.74 Å². The van der Waals surface area contributed by atoms with Crippen molar-refractivity contribution in [2.24, 2.45) is 5.92 Å². The smallest absolute Gasteiger partial charge is 0.123 e. The van der Waals surface area contributed by atoms with Crippen LogP contribution in [-0.2, 0) is 6.54 Å². The summed E-state index contributed by atoms with van der Waals surface area (Å²) in [6, 6.07) is 5.48. The highest BCUT2D eigenvalue weighted by Gasteiger charge is 2.29. The van der Waals surface area contributed by atoms with Gasteiger partial charge in [-0.1, -0.05) is 0 Å². The average Bonchev–Trinajstić information content (AvgIpc) is 3.02. The van der Waals surface area contributed by atoms with E-state index < -0.39 is 0 Å². The first-order valence-corrected chi connectivity index (χ1v) is 8.04. The number of rotatable bonds is 4. The Morgan fingerprint density at radius 1 is 1.33 bits per heavy atom. The van der Waals surface area contributed by atoms with Crippen LogP contribution < -0.4 is 10.1 Å². The molecule has 2 saturated heterocycles. The zero-order valence-corrected chi connectivity index (χ0v) is 12.8. The van der Waals surface area contributed by atoms with Crippen LogP contribution in [0.2, 0.25) is 0 Å². The second-order valence-corrected chi connectivity index (χ2v) is 6.30. The minimum atomic E-state index is -0.184. The number of likely N-dealkylation sites (tertiary alicyclic amines) is 1. The van der Waals surface area contributed by atoms with Crippen molar-refractivity contribution in [1.82, 2.24) is 10.2 Å². The van der Waals surface area contributed by atoms with Gasteiger partial charge in [0.25, 0.3) is 0 Å². The summed E-state index contributed by atoms with van der Waals surface area (Å²) >= 11 is 0. The number of halogens is 1. The molecule has 0 spiro atoms. The Morgan fingerprint density at radius 3 is 3.00 bits per heavy atom. The molecule has 21 heavy (non-hydrogen) atoms. The number of ether oxygens (including phenoxy) is 1. The second kappa shape index (κ2) is 6.75. The molecular formula is C17H25FN2O. The SMILES string of the molecule is COc1ccc(F)cc1CN1CCCC(C2CCCN2)C1. The van der Waals surface area contributed by atoms with E-state index in [1.807, 2.05) is 0 Å². The predicted molar refractivity (Wildman–Crippen MR) is 82.0 cm³/mol. The monoisotopic (exact) mass is 292 g/mol. The topological polar surface area (TPSA) is 24.5 Å². The van der Waals surface area contributed by atoms with Crippen molar-refractivity contribution in [3.8, 4) is 5.75 Å². The van der Waals surface area contributed by atoms with Gasteiger partial charge in [0.05, 0.1) is 7.11 Å². The van der Waals surface area contributed by atoms with Gasteiger partial charge in [-0.2, -0.15) is 0 Å². The first-order valence-electron chi connectivity index (χ1n) is 8.04. The van der Waals surface area contributed by atoms with Crippen molar-refractivity contribution in [2.45, 2.75) is 38.3 Å². The molecular weight excluding hydrogens is 267 g/mol. The molecule has 0 aliphatic carbocycles. The number of methoxy groups -OCH3 is 1. The van der Waals surface area contributed by atoms with Crippen LogP contribution in [0.1, 0.15) is 31.2 Å². The molecule has 2 aliphatic rings. The van der Waals surface area contributed by atoms with Gasteiger partial charge in [0.15, 0.2) is 0 Å². The van der Waals surface area contributed by atoms with Crippen molar-refractivity contribution in [1.29, 1.82) is 0 Å². The quantitative estimate of drug-likeness (QED) is 0.923. The lowest BCUT2D eigenvalue weighted by molar-refractivity contribution is 0.144. The molecule has 2 aliphatic heterocycles. The lowest BCUT2D eigenvalue weighted by atomic mass is 9.89. The first kappa shape index (κ1) is 14.8. The van der Waals surface area contributed by atoms with Crippen molar-refractivity contribution in [3.63, 3.8) is 0 Å². The summed E-state index contributed by atoms with van der Waals surface area (Å²) in [7, 11) is 1.65. The molecule has 2 unspecified atom stereocenters. The lowest BCUT2D eigenvalue weighted by Crippen LogP contribution is -2.43. The third-order valence-corrected chi connectivity index (χ3v) is 4.85. The molecule has 0 amide bonds. The van der Waals surface area contributed by atoms with Gasteiger partial charge in [0, 0.05) is 24.7 Å². The highest BCUT2D eigenvalue weighted by molar-refractivity contribution is 5.33.